The van der Waals surface area contributed by atoms with Crippen LogP contribution in [0.25, 0.3) is 5.69 Å². The molecule has 1 aliphatic carbocycles. The molecular formula is C19H16ClF2N5O2. The van der Waals surface area contributed by atoms with Gasteiger partial charge in [0.15, 0.2) is 17.3 Å². The Morgan fingerprint density at radius 2 is 1.86 bits per heavy atom. The number of fused-ring (bicyclic) bond motifs is 1. The zero-order chi connectivity index (χ0) is 20.7. The maximum Gasteiger partial charge on any atom is 0.290 e. The van der Waals surface area contributed by atoms with Crippen LogP contribution in [0.3, 0.4) is 0 Å². The van der Waals surface area contributed by atoms with Crippen LogP contribution in [0.15, 0.2) is 30.5 Å². The van der Waals surface area contributed by atoms with Crippen LogP contribution < -0.4 is 10.9 Å². The molecule has 4 rings (SSSR count). The van der Waals surface area contributed by atoms with Crippen molar-refractivity contribution in [1.82, 2.24) is 25.2 Å². The average molecular weight is 420 g/mol. The minimum absolute atomic E-state index is 0.132. The van der Waals surface area contributed by atoms with E-state index < -0.39 is 23.4 Å². The summed E-state index contributed by atoms with van der Waals surface area (Å²) in [6.45, 7) is 0. The number of rotatable bonds is 3. The largest absolute Gasteiger partial charge is 0.345 e. The summed E-state index contributed by atoms with van der Waals surface area (Å²) in [5.74, 6) is -3.09. The average Bonchev–Trinajstić information content (AvgIpc) is 3.37. The lowest BCUT2D eigenvalue weighted by molar-refractivity contribution is 0.0838. The van der Waals surface area contributed by atoms with Crippen molar-refractivity contribution >= 4 is 23.4 Å². The highest BCUT2D eigenvalue weighted by molar-refractivity contribution is 6.31. The van der Waals surface area contributed by atoms with E-state index in [4.69, 9.17) is 11.6 Å². The van der Waals surface area contributed by atoms with Crippen molar-refractivity contribution in [2.75, 3.05) is 0 Å². The van der Waals surface area contributed by atoms with Crippen LogP contribution >= 0.6 is 11.6 Å². The second kappa shape index (κ2) is 7.32. The fraction of sp³-hybridized carbons (Fsp3) is 0.211. The van der Waals surface area contributed by atoms with E-state index in [0.29, 0.717) is 23.6 Å². The second-order valence-corrected chi connectivity index (χ2v) is 7.14. The van der Waals surface area contributed by atoms with Gasteiger partial charge in [-0.2, -0.15) is 5.10 Å². The Bertz CT molecular complexity index is 1140. The molecule has 3 aromatic rings. The number of hydrazine groups is 1. The highest BCUT2D eigenvalue weighted by Crippen LogP contribution is 2.28. The van der Waals surface area contributed by atoms with Gasteiger partial charge in [0.25, 0.3) is 11.8 Å². The van der Waals surface area contributed by atoms with Crippen molar-refractivity contribution in [3.05, 3.63) is 69.8 Å². The fourth-order valence-electron chi connectivity index (χ4n) is 3.44. The zero-order valence-electron chi connectivity index (χ0n) is 15.3. The van der Waals surface area contributed by atoms with E-state index >= 15 is 0 Å². The summed E-state index contributed by atoms with van der Waals surface area (Å²) in [6.07, 6.45) is 3.66. The van der Waals surface area contributed by atoms with Gasteiger partial charge in [-0.15, -0.1) is 0 Å². The number of carbonyl (C=O) groups excluding carboxylic acids is 2. The Balaban J connectivity index is 1.57. The number of hydrogen-bond donors (Lipinski definition) is 2. The Hall–Kier alpha value is -3.20. The number of nitrogens with one attached hydrogen (secondary N) is 2. The molecule has 1 aromatic carbocycles. The van der Waals surface area contributed by atoms with Crippen molar-refractivity contribution in [1.29, 1.82) is 0 Å². The minimum atomic E-state index is -0.996. The molecule has 2 aromatic heterocycles. The number of halogens is 3. The van der Waals surface area contributed by atoms with Gasteiger partial charge in [-0.05, 0) is 37.5 Å². The number of carbonyl (C=O) groups is 2. The summed E-state index contributed by atoms with van der Waals surface area (Å²) in [6, 6.07) is 4.91. The number of nitrogens with zero attached hydrogens (tertiary/aromatic N) is 3. The molecule has 2 N–H and O–H groups in total. The standard InChI is InChI=1S/C19H16ClF2N5O2/c1-26-9-10(20)7-16(26)18(28)23-24-19(29)17-12-3-2-4-15(12)27(25-17)11-5-6-13(21)14(22)8-11/h5-9H,2-4H2,1H3,(H,23,28)(H,24,29). The number of aryl methyl sites for hydroxylation is 1. The van der Waals surface area contributed by atoms with Crippen LogP contribution in [0, 0.1) is 11.6 Å². The lowest BCUT2D eigenvalue weighted by atomic mass is 10.2. The van der Waals surface area contributed by atoms with Crippen LogP contribution in [-0.4, -0.2) is 26.2 Å². The highest BCUT2D eigenvalue weighted by atomic mass is 35.5. The van der Waals surface area contributed by atoms with Crippen molar-refractivity contribution in [3.8, 4) is 5.69 Å². The first-order valence-electron chi connectivity index (χ1n) is 8.84. The Morgan fingerprint density at radius 1 is 1.10 bits per heavy atom. The minimum Gasteiger partial charge on any atom is -0.345 e. The molecule has 0 fully saturated rings. The third kappa shape index (κ3) is 3.49. The van der Waals surface area contributed by atoms with E-state index in [-0.39, 0.29) is 11.4 Å². The highest BCUT2D eigenvalue weighted by Gasteiger charge is 2.27. The Kier molecular flexibility index (Phi) is 4.83. The lowest BCUT2D eigenvalue weighted by Crippen LogP contribution is -2.42. The van der Waals surface area contributed by atoms with Gasteiger partial charge in [0.05, 0.1) is 10.7 Å². The molecule has 0 saturated carbocycles. The fourth-order valence-corrected chi connectivity index (χ4v) is 3.69. The lowest BCUT2D eigenvalue weighted by Gasteiger charge is -2.07. The van der Waals surface area contributed by atoms with Crippen molar-refractivity contribution in [3.63, 3.8) is 0 Å². The maximum atomic E-state index is 13.6. The SMILES string of the molecule is Cn1cc(Cl)cc1C(=O)NNC(=O)c1nn(-c2ccc(F)c(F)c2)c2c1CCC2. The van der Waals surface area contributed by atoms with Crippen molar-refractivity contribution < 1.29 is 18.4 Å². The van der Waals surface area contributed by atoms with Crippen LogP contribution in [0.2, 0.25) is 5.02 Å². The zero-order valence-corrected chi connectivity index (χ0v) is 16.1. The molecule has 10 heteroatoms. The van der Waals surface area contributed by atoms with E-state index in [1.54, 1.807) is 13.2 Å². The number of benzene rings is 1. The first-order chi connectivity index (χ1) is 13.8. The van der Waals surface area contributed by atoms with E-state index in [1.807, 2.05) is 0 Å². The third-order valence-corrected chi connectivity index (χ3v) is 4.99. The summed E-state index contributed by atoms with van der Waals surface area (Å²) in [5.41, 5.74) is 6.89. The van der Waals surface area contributed by atoms with E-state index in [2.05, 4.69) is 16.0 Å². The topological polar surface area (TPSA) is 81.0 Å². The van der Waals surface area contributed by atoms with Gasteiger partial charge in [-0.3, -0.25) is 20.4 Å². The molecule has 29 heavy (non-hydrogen) atoms. The maximum absolute atomic E-state index is 13.6. The van der Waals surface area contributed by atoms with Crippen LogP contribution in [0.4, 0.5) is 8.78 Å². The van der Waals surface area contributed by atoms with Gasteiger partial charge in [0.1, 0.15) is 5.69 Å². The van der Waals surface area contributed by atoms with E-state index in [9.17, 15) is 18.4 Å². The van der Waals surface area contributed by atoms with Gasteiger partial charge in [-0.25, -0.2) is 13.5 Å². The molecule has 0 radical (unpaired) electrons. The van der Waals surface area contributed by atoms with Crippen molar-refractivity contribution in [2.45, 2.75) is 19.3 Å². The Morgan fingerprint density at radius 3 is 2.55 bits per heavy atom. The first-order valence-corrected chi connectivity index (χ1v) is 9.21. The number of amides is 2. The van der Waals surface area contributed by atoms with Crippen molar-refractivity contribution in [2.24, 2.45) is 7.05 Å². The van der Waals surface area contributed by atoms with Crippen LogP contribution in [-0.2, 0) is 19.9 Å². The molecule has 0 saturated heterocycles. The molecule has 0 aliphatic heterocycles. The van der Waals surface area contributed by atoms with Gasteiger partial charge in [0, 0.05) is 30.6 Å². The first kappa shape index (κ1) is 19.1. The molecule has 0 unspecified atom stereocenters. The number of aromatic nitrogens is 3. The van der Waals surface area contributed by atoms with Gasteiger partial charge in [0.2, 0.25) is 0 Å². The molecule has 0 bridgehead atoms. The quantitative estimate of drug-likeness (QED) is 0.640. The molecule has 1 aliphatic rings. The van der Waals surface area contributed by atoms with Gasteiger partial charge >= 0.3 is 0 Å². The second-order valence-electron chi connectivity index (χ2n) is 6.70. The summed E-state index contributed by atoms with van der Waals surface area (Å²) < 4.78 is 29.9. The smallest absolute Gasteiger partial charge is 0.290 e. The van der Waals surface area contributed by atoms with E-state index in [1.165, 1.54) is 21.4 Å². The summed E-state index contributed by atoms with van der Waals surface area (Å²) in [5, 5.41) is 4.68. The molecule has 0 spiro atoms. The predicted octanol–water partition coefficient (Wildman–Crippen LogP) is 2.71. The molecule has 7 nitrogen and oxygen atoms in total. The summed E-state index contributed by atoms with van der Waals surface area (Å²) >= 11 is 5.86. The summed E-state index contributed by atoms with van der Waals surface area (Å²) in [4.78, 5) is 24.9. The monoisotopic (exact) mass is 419 g/mol. The Labute approximate surface area is 169 Å². The molecule has 2 amide bonds. The normalized spacial score (nSPS) is 12.7. The third-order valence-electron chi connectivity index (χ3n) is 4.79. The van der Waals surface area contributed by atoms with E-state index in [0.717, 1.165) is 29.8 Å². The number of hydrogen-bond acceptors (Lipinski definition) is 3. The molecular weight excluding hydrogens is 404 g/mol. The van der Waals surface area contributed by atoms with Crippen LogP contribution in [0.5, 0.6) is 0 Å². The van der Waals surface area contributed by atoms with Gasteiger partial charge in [-0.1, -0.05) is 11.6 Å². The molecule has 2 heterocycles. The predicted molar refractivity (Wildman–Crippen MR) is 101 cm³/mol. The van der Waals surface area contributed by atoms with Crippen LogP contribution in [0.1, 0.15) is 38.7 Å². The van der Waals surface area contributed by atoms with Gasteiger partial charge < -0.3 is 4.57 Å². The molecule has 150 valence electrons. The summed E-state index contributed by atoms with van der Waals surface area (Å²) in [7, 11) is 1.65. The molecule has 0 atom stereocenters.